The van der Waals surface area contributed by atoms with Gasteiger partial charge >= 0.3 is 5.97 Å². The number of allylic oxidation sites excluding steroid dienone is 1. The SMILES string of the molecule is C.C=CC(=O)CCCCOC(=O)C=C. The van der Waals surface area contributed by atoms with Gasteiger partial charge in [0.05, 0.1) is 6.61 Å². The number of unbranched alkanes of at least 4 members (excludes halogenated alkanes) is 1. The summed E-state index contributed by atoms with van der Waals surface area (Å²) < 4.78 is 4.71. The molecule has 0 bridgehead atoms. The Morgan fingerprint density at radius 2 is 1.79 bits per heavy atom. The lowest BCUT2D eigenvalue weighted by molar-refractivity contribution is -0.137. The number of hydrogen-bond donors (Lipinski definition) is 0. The summed E-state index contributed by atoms with van der Waals surface area (Å²) in [4.78, 5) is 21.3. The Kier molecular flexibility index (Phi) is 10.5. The van der Waals surface area contributed by atoms with Gasteiger partial charge in [0.15, 0.2) is 5.78 Å². The predicted octanol–water partition coefficient (Wildman–Crippen LogP) is 2.28. The highest BCUT2D eigenvalue weighted by atomic mass is 16.5. The normalized spacial score (nSPS) is 8.29. The van der Waals surface area contributed by atoms with Crippen LogP contribution in [0, 0.1) is 0 Å². The molecule has 0 saturated heterocycles. The van der Waals surface area contributed by atoms with Gasteiger partial charge in [-0.3, -0.25) is 4.79 Å². The van der Waals surface area contributed by atoms with Crippen molar-refractivity contribution in [1.29, 1.82) is 0 Å². The third kappa shape index (κ3) is 8.71. The van der Waals surface area contributed by atoms with Crippen molar-refractivity contribution in [2.75, 3.05) is 6.61 Å². The highest BCUT2D eigenvalue weighted by Gasteiger charge is 1.97. The number of hydrogen-bond acceptors (Lipinski definition) is 3. The first kappa shape index (κ1) is 15.1. The van der Waals surface area contributed by atoms with Gasteiger partial charge in [0.2, 0.25) is 0 Å². The van der Waals surface area contributed by atoms with Gasteiger partial charge in [-0.2, -0.15) is 0 Å². The fourth-order valence-electron chi connectivity index (χ4n) is 0.735. The molecule has 0 fully saturated rings. The van der Waals surface area contributed by atoms with Gasteiger partial charge < -0.3 is 4.74 Å². The second-order valence-electron chi connectivity index (χ2n) is 2.50. The summed E-state index contributed by atoms with van der Waals surface area (Å²) in [6.45, 7) is 6.95. The van der Waals surface area contributed by atoms with Gasteiger partial charge in [-0.15, -0.1) is 0 Å². The molecule has 0 saturated carbocycles. The zero-order valence-corrected chi connectivity index (χ0v) is 7.62. The Morgan fingerprint density at radius 3 is 2.29 bits per heavy atom. The average molecular weight is 198 g/mol. The molecule has 14 heavy (non-hydrogen) atoms. The molecule has 0 aliphatic heterocycles. The van der Waals surface area contributed by atoms with E-state index in [-0.39, 0.29) is 13.2 Å². The smallest absolute Gasteiger partial charge is 0.330 e. The van der Waals surface area contributed by atoms with E-state index < -0.39 is 5.97 Å². The van der Waals surface area contributed by atoms with E-state index in [1.165, 1.54) is 6.08 Å². The fourth-order valence-corrected chi connectivity index (χ4v) is 0.735. The topological polar surface area (TPSA) is 43.4 Å². The third-order valence-electron chi connectivity index (χ3n) is 1.46. The maximum atomic E-state index is 10.7. The third-order valence-corrected chi connectivity index (χ3v) is 1.46. The van der Waals surface area contributed by atoms with E-state index in [9.17, 15) is 9.59 Å². The van der Waals surface area contributed by atoms with Crippen LogP contribution in [0.5, 0.6) is 0 Å². The second kappa shape index (κ2) is 9.71. The van der Waals surface area contributed by atoms with E-state index in [4.69, 9.17) is 4.74 Å². The quantitative estimate of drug-likeness (QED) is 0.358. The van der Waals surface area contributed by atoms with Crippen LogP contribution in [-0.2, 0) is 14.3 Å². The highest BCUT2D eigenvalue weighted by molar-refractivity contribution is 5.88. The van der Waals surface area contributed by atoms with E-state index >= 15 is 0 Å². The van der Waals surface area contributed by atoms with Gasteiger partial charge in [-0.05, 0) is 18.9 Å². The Hall–Kier alpha value is -1.38. The van der Waals surface area contributed by atoms with Crippen LogP contribution in [0.25, 0.3) is 0 Å². The highest BCUT2D eigenvalue weighted by Crippen LogP contribution is 1.97. The summed E-state index contributed by atoms with van der Waals surface area (Å²) >= 11 is 0. The van der Waals surface area contributed by atoms with E-state index in [1.54, 1.807) is 0 Å². The van der Waals surface area contributed by atoms with Crippen molar-refractivity contribution < 1.29 is 14.3 Å². The van der Waals surface area contributed by atoms with Crippen molar-refractivity contribution >= 4 is 11.8 Å². The molecular formula is C11H18O3. The van der Waals surface area contributed by atoms with Crippen molar-refractivity contribution in [2.24, 2.45) is 0 Å². The number of ether oxygens (including phenoxy) is 1. The number of ketones is 1. The molecule has 0 rings (SSSR count). The minimum absolute atomic E-state index is 0. The molecule has 0 N–H and O–H groups in total. The standard InChI is InChI=1S/C10H14O3.CH4/c1-3-9(11)7-5-6-8-13-10(12)4-2;/h3-4H,1-2,5-8H2;1H4. The van der Waals surface area contributed by atoms with Gasteiger partial charge in [0.25, 0.3) is 0 Å². The van der Waals surface area contributed by atoms with Crippen molar-refractivity contribution in [3.8, 4) is 0 Å². The van der Waals surface area contributed by atoms with Gasteiger partial charge in [-0.1, -0.05) is 20.6 Å². The molecule has 80 valence electrons. The van der Waals surface area contributed by atoms with Crippen molar-refractivity contribution in [1.82, 2.24) is 0 Å². The zero-order valence-electron chi connectivity index (χ0n) is 7.62. The van der Waals surface area contributed by atoms with E-state index in [0.717, 1.165) is 12.5 Å². The van der Waals surface area contributed by atoms with Crippen LogP contribution >= 0.6 is 0 Å². The molecule has 0 heterocycles. The van der Waals surface area contributed by atoms with Crippen LogP contribution in [0.2, 0.25) is 0 Å². The Balaban J connectivity index is 0. The molecule has 0 aromatic rings. The lowest BCUT2D eigenvalue weighted by Gasteiger charge is -1.99. The summed E-state index contributed by atoms with van der Waals surface area (Å²) in [6, 6.07) is 0. The minimum atomic E-state index is -0.421. The molecule has 3 heteroatoms. The first-order chi connectivity index (χ1) is 6.20. The molecule has 0 aliphatic rings. The Labute approximate surface area is 85.5 Å². The van der Waals surface area contributed by atoms with Crippen molar-refractivity contribution in [3.63, 3.8) is 0 Å². The maximum Gasteiger partial charge on any atom is 0.330 e. The largest absolute Gasteiger partial charge is 0.463 e. The second-order valence-corrected chi connectivity index (χ2v) is 2.50. The van der Waals surface area contributed by atoms with Crippen LogP contribution in [0.1, 0.15) is 26.7 Å². The van der Waals surface area contributed by atoms with E-state index in [0.29, 0.717) is 19.4 Å². The summed E-state index contributed by atoms with van der Waals surface area (Å²) in [5.74, 6) is -0.398. The van der Waals surface area contributed by atoms with Crippen molar-refractivity contribution in [3.05, 3.63) is 25.3 Å². The van der Waals surface area contributed by atoms with Crippen LogP contribution in [0.3, 0.4) is 0 Å². The molecule has 0 atom stereocenters. The van der Waals surface area contributed by atoms with Gasteiger partial charge in [-0.25, -0.2) is 4.79 Å². The number of esters is 1. The first-order valence-electron chi connectivity index (χ1n) is 4.15. The molecule has 0 radical (unpaired) electrons. The van der Waals surface area contributed by atoms with E-state index in [2.05, 4.69) is 13.2 Å². The maximum absolute atomic E-state index is 10.7. The Morgan fingerprint density at radius 1 is 1.14 bits per heavy atom. The van der Waals surface area contributed by atoms with Crippen molar-refractivity contribution in [2.45, 2.75) is 26.7 Å². The lowest BCUT2D eigenvalue weighted by atomic mass is 10.2. The molecule has 0 spiro atoms. The Bertz CT molecular complexity index is 185. The first-order valence-corrected chi connectivity index (χ1v) is 4.15. The molecule has 0 aliphatic carbocycles. The van der Waals surface area contributed by atoms with Crippen LogP contribution < -0.4 is 0 Å². The fraction of sp³-hybridized carbons (Fsp3) is 0.455. The van der Waals surface area contributed by atoms with E-state index in [1.807, 2.05) is 0 Å². The molecular weight excluding hydrogens is 180 g/mol. The summed E-state index contributed by atoms with van der Waals surface area (Å²) in [7, 11) is 0. The lowest BCUT2D eigenvalue weighted by Crippen LogP contribution is -2.02. The minimum Gasteiger partial charge on any atom is -0.463 e. The molecule has 0 aromatic heterocycles. The molecule has 3 nitrogen and oxygen atoms in total. The van der Waals surface area contributed by atoms with Crippen LogP contribution in [-0.4, -0.2) is 18.4 Å². The summed E-state index contributed by atoms with van der Waals surface area (Å²) in [5.41, 5.74) is 0. The molecule has 0 aromatic carbocycles. The van der Waals surface area contributed by atoms with Crippen LogP contribution in [0.15, 0.2) is 25.3 Å². The zero-order chi connectivity index (χ0) is 10.1. The number of rotatable bonds is 7. The number of carbonyl (C=O) groups excluding carboxylic acids is 2. The predicted molar refractivity (Wildman–Crippen MR) is 56.9 cm³/mol. The van der Waals surface area contributed by atoms with Gasteiger partial charge in [0.1, 0.15) is 0 Å². The molecule has 0 unspecified atom stereocenters. The monoisotopic (exact) mass is 198 g/mol. The van der Waals surface area contributed by atoms with Crippen LogP contribution in [0.4, 0.5) is 0 Å². The number of carbonyl (C=O) groups is 2. The summed E-state index contributed by atoms with van der Waals surface area (Å²) in [6.07, 6.45) is 4.30. The summed E-state index contributed by atoms with van der Waals surface area (Å²) in [5, 5.41) is 0. The molecule has 0 amide bonds. The van der Waals surface area contributed by atoms with Gasteiger partial charge in [0, 0.05) is 12.5 Å². The average Bonchev–Trinajstić information content (AvgIpc) is 2.16.